The van der Waals surface area contributed by atoms with Gasteiger partial charge in [-0.1, -0.05) is 11.3 Å². The summed E-state index contributed by atoms with van der Waals surface area (Å²) >= 11 is 2.99. The topological polar surface area (TPSA) is 78.5 Å². The zero-order valence-corrected chi connectivity index (χ0v) is 16.3. The second kappa shape index (κ2) is 7.88. The Balaban J connectivity index is 2.11. The number of esters is 1. The number of ether oxygens (including phenoxy) is 1. The highest BCUT2D eigenvalue weighted by molar-refractivity contribution is 7.98. The average molecular weight is 390 g/mol. The molecule has 0 unspecified atom stereocenters. The van der Waals surface area contributed by atoms with Gasteiger partial charge in [0, 0.05) is 17.6 Å². The first kappa shape index (κ1) is 18.4. The van der Waals surface area contributed by atoms with Crippen LogP contribution in [-0.4, -0.2) is 39.6 Å². The van der Waals surface area contributed by atoms with E-state index >= 15 is 0 Å². The predicted molar refractivity (Wildman–Crippen MR) is 101 cm³/mol. The fraction of sp³-hybridized carbons (Fsp3) is 0.294. The van der Waals surface area contributed by atoms with Crippen LogP contribution in [-0.2, 0) is 22.6 Å². The van der Waals surface area contributed by atoms with E-state index in [2.05, 4.69) is 10.1 Å². The molecule has 0 radical (unpaired) electrons. The molecule has 1 aromatic carbocycles. The number of benzene rings is 1. The Labute approximate surface area is 158 Å². The van der Waals surface area contributed by atoms with Crippen LogP contribution in [0.3, 0.4) is 0 Å². The fourth-order valence-electron chi connectivity index (χ4n) is 2.41. The van der Waals surface area contributed by atoms with E-state index in [0.717, 1.165) is 15.1 Å². The van der Waals surface area contributed by atoms with Gasteiger partial charge >= 0.3 is 5.97 Å². The van der Waals surface area contributed by atoms with Crippen molar-refractivity contribution in [3.05, 3.63) is 41.0 Å². The van der Waals surface area contributed by atoms with Crippen LogP contribution in [0.15, 0.2) is 40.4 Å². The van der Waals surface area contributed by atoms with E-state index in [1.165, 1.54) is 18.4 Å². The molecule has 136 valence electrons. The summed E-state index contributed by atoms with van der Waals surface area (Å²) in [4.78, 5) is 30.0. The SMILES string of the molecule is CCn1ccc(C(=O)N=c2sc3cc(SC)ccc3n2CC(=O)OC)n1. The van der Waals surface area contributed by atoms with Crippen LogP contribution in [0.25, 0.3) is 10.2 Å². The van der Waals surface area contributed by atoms with Crippen LogP contribution in [0.1, 0.15) is 17.4 Å². The first-order chi connectivity index (χ1) is 12.5. The van der Waals surface area contributed by atoms with Gasteiger partial charge in [0.15, 0.2) is 10.5 Å². The number of carbonyl (C=O) groups excluding carboxylic acids is 2. The molecular formula is C17H18N4O3S2. The van der Waals surface area contributed by atoms with Crippen molar-refractivity contribution in [2.24, 2.45) is 4.99 Å². The molecule has 0 fully saturated rings. The van der Waals surface area contributed by atoms with Gasteiger partial charge in [-0.05, 0) is 37.4 Å². The van der Waals surface area contributed by atoms with Crippen LogP contribution < -0.4 is 4.80 Å². The highest BCUT2D eigenvalue weighted by Gasteiger charge is 2.14. The van der Waals surface area contributed by atoms with Crippen LogP contribution in [0.2, 0.25) is 0 Å². The van der Waals surface area contributed by atoms with Crippen molar-refractivity contribution in [1.82, 2.24) is 14.3 Å². The summed E-state index contributed by atoms with van der Waals surface area (Å²) in [7, 11) is 1.34. The van der Waals surface area contributed by atoms with Crippen molar-refractivity contribution in [3.63, 3.8) is 0 Å². The lowest BCUT2D eigenvalue weighted by Gasteiger charge is -2.04. The standard InChI is InChI=1S/C17H18N4O3S2/c1-4-20-8-7-12(19-20)16(23)18-17-21(10-15(22)24-2)13-6-5-11(25-3)9-14(13)26-17/h5-9H,4,10H2,1-3H3. The van der Waals surface area contributed by atoms with Gasteiger partial charge in [-0.15, -0.1) is 11.8 Å². The van der Waals surface area contributed by atoms with Crippen molar-refractivity contribution in [1.29, 1.82) is 0 Å². The second-order valence-corrected chi connectivity index (χ2v) is 7.24. The Morgan fingerprint density at radius 1 is 1.35 bits per heavy atom. The molecule has 3 rings (SSSR count). The molecule has 0 aliphatic carbocycles. The molecule has 0 atom stereocenters. The molecule has 0 aliphatic heterocycles. The van der Waals surface area contributed by atoms with Gasteiger partial charge in [0.2, 0.25) is 0 Å². The monoisotopic (exact) mass is 390 g/mol. The molecule has 0 bridgehead atoms. The fourth-order valence-corrected chi connectivity index (χ4v) is 3.99. The maximum absolute atomic E-state index is 12.5. The molecule has 0 saturated heterocycles. The summed E-state index contributed by atoms with van der Waals surface area (Å²) in [5.41, 5.74) is 1.11. The van der Waals surface area contributed by atoms with Crippen molar-refractivity contribution in [2.45, 2.75) is 24.9 Å². The van der Waals surface area contributed by atoms with E-state index in [0.29, 0.717) is 11.3 Å². The van der Waals surface area contributed by atoms with Crippen molar-refractivity contribution < 1.29 is 14.3 Å². The number of amides is 1. The normalized spacial score (nSPS) is 11.9. The van der Waals surface area contributed by atoms with E-state index in [1.54, 1.807) is 33.3 Å². The maximum Gasteiger partial charge on any atom is 0.325 e. The molecule has 2 aromatic heterocycles. The number of hydrogen-bond acceptors (Lipinski definition) is 6. The van der Waals surface area contributed by atoms with Crippen LogP contribution >= 0.6 is 23.1 Å². The minimum absolute atomic E-state index is 0.00930. The van der Waals surface area contributed by atoms with Gasteiger partial charge in [-0.2, -0.15) is 10.1 Å². The number of hydrogen-bond donors (Lipinski definition) is 0. The molecule has 0 aliphatic rings. The smallest absolute Gasteiger partial charge is 0.325 e. The van der Waals surface area contributed by atoms with Gasteiger partial charge in [0.05, 0.1) is 17.3 Å². The lowest BCUT2D eigenvalue weighted by atomic mass is 10.3. The lowest BCUT2D eigenvalue weighted by Crippen LogP contribution is -2.22. The maximum atomic E-state index is 12.5. The third-order valence-electron chi connectivity index (χ3n) is 3.79. The van der Waals surface area contributed by atoms with Crippen molar-refractivity contribution >= 4 is 45.2 Å². The summed E-state index contributed by atoms with van der Waals surface area (Å²) in [5, 5.41) is 4.19. The molecular weight excluding hydrogens is 372 g/mol. The Bertz CT molecular complexity index is 1030. The number of nitrogens with zero attached hydrogens (tertiary/aromatic N) is 4. The quantitative estimate of drug-likeness (QED) is 0.494. The van der Waals surface area contributed by atoms with Crippen molar-refractivity contribution in [3.8, 4) is 0 Å². The van der Waals surface area contributed by atoms with E-state index < -0.39 is 11.9 Å². The highest BCUT2D eigenvalue weighted by atomic mass is 32.2. The Kier molecular flexibility index (Phi) is 5.58. The van der Waals surface area contributed by atoms with E-state index in [1.807, 2.05) is 31.4 Å². The minimum Gasteiger partial charge on any atom is -0.468 e. The number of methoxy groups -OCH3 is 1. The number of aryl methyl sites for hydroxylation is 1. The average Bonchev–Trinajstić information content (AvgIpc) is 3.26. The van der Waals surface area contributed by atoms with Crippen LogP contribution in [0.4, 0.5) is 0 Å². The summed E-state index contributed by atoms with van der Waals surface area (Å²) < 4.78 is 9.10. The molecule has 7 nitrogen and oxygen atoms in total. The highest BCUT2D eigenvalue weighted by Crippen LogP contribution is 2.24. The van der Waals surface area contributed by atoms with Crippen molar-refractivity contribution in [2.75, 3.05) is 13.4 Å². The lowest BCUT2D eigenvalue weighted by molar-refractivity contribution is -0.141. The molecule has 0 saturated carbocycles. The summed E-state index contributed by atoms with van der Waals surface area (Å²) in [6.07, 6.45) is 3.73. The molecule has 2 heterocycles. The number of thiazole rings is 1. The van der Waals surface area contributed by atoms with Crippen LogP contribution in [0.5, 0.6) is 0 Å². The molecule has 9 heteroatoms. The Hall–Kier alpha value is -2.39. The van der Waals surface area contributed by atoms with Gasteiger partial charge in [-0.25, -0.2) is 0 Å². The summed E-state index contributed by atoms with van der Waals surface area (Å²) in [5.74, 6) is -0.838. The van der Waals surface area contributed by atoms with E-state index in [4.69, 9.17) is 4.74 Å². The third kappa shape index (κ3) is 3.73. The Morgan fingerprint density at radius 3 is 2.81 bits per heavy atom. The molecule has 26 heavy (non-hydrogen) atoms. The van der Waals surface area contributed by atoms with E-state index in [-0.39, 0.29) is 12.2 Å². The number of rotatable bonds is 5. The van der Waals surface area contributed by atoms with Gasteiger partial charge in [-0.3, -0.25) is 14.3 Å². The number of carbonyl (C=O) groups is 2. The van der Waals surface area contributed by atoms with Gasteiger partial charge < -0.3 is 9.30 Å². The van der Waals surface area contributed by atoms with Gasteiger partial charge in [0.1, 0.15) is 6.54 Å². The summed E-state index contributed by atoms with van der Waals surface area (Å²) in [6.45, 7) is 2.61. The van der Waals surface area contributed by atoms with Crippen LogP contribution in [0, 0.1) is 0 Å². The first-order valence-corrected chi connectivity index (χ1v) is 9.96. The minimum atomic E-state index is -0.438. The molecule has 1 amide bonds. The second-order valence-electron chi connectivity index (χ2n) is 5.35. The molecule has 3 aromatic rings. The molecule has 0 spiro atoms. The number of aromatic nitrogens is 3. The predicted octanol–water partition coefficient (Wildman–Crippen LogP) is 2.56. The third-order valence-corrected chi connectivity index (χ3v) is 5.55. The van der Waals surface area contributed by atoms with Gasteiger partial charge in [0.25, 0.3) is 5.91 Å². The zero-order valence-electron chi connectivity index (χ0n) is 14.6. The number of fused-ring (bicyclic) bond motifs is 1. The largest absolute Gasteiger partial charge is 0.468 e. The number of thioether (sulfide) groups is 1. The Morgan fingerprint density at radius 2 is 2.15 bits per heavy atom. The van der Waals surface area contributed by atoms with E-state index in [9.17, 15) is 9.59 Å². The first-order valence-electron chi connectivity index (χ1n) is 7.92. The molecule has 0 N–H and O–H groups in total. The summed E-state index contributed by atoms with van der Waals surface area (Å²) in [6, 6.07) is 7.56. The zero-order chi connectivity index (χ0) is 18.7.